The van der Waals surface area contributed by atoms with Gasteiger partial charge >= 0.3 is 0 Å². The summed E-state index contributed by atoms with van der Waals surface area (Å²) < 4.78 is 11.1. The molecule has 5 rings (SSSR count). The Labute approximate surface area is 230 Å². The van der Waals surface area contributed by atoms with Crippen molar-refractivity contribution in [3.63, 3.8) is 0 Å². The van der Waals surface area contributed by atoms with Gasteiger partial charge in [-0.1, -0.05) is 68.3 Å². The minimum Gasteiger partial charge on any atom is -0.493 e. The third-order valence-corrected chi connectivity index (χ3v) is 7.75. The summed E-state index contributed by atoms with van der Waals surface area (Å²) >= 11 is 0. The number of carbonyl (C=O) groups is 2. The van der Waals surface area contributed by atoms with Crippen LogP contribution in [0, 0.1) is 0 Å². The predicted octanol–water partition coefficient (Wildman–Crippen LogP) is 7.18. The zero-order valence-electron chi connectivity index (χ0n) is 22.9. The van der Waals surface area contributed by atoms with Gasteiger partial charge in [-0.05, 0) is 54.2 Å². The number of nitrogens with one attached hydrogen (secondary N) is 1. The smallest absolute Gasteiger partial charge is 0.227 e. The summed E-state index contributed by atoms with van der Waals surface area (Å²) in [5.74, 6) is 1.28. The Morgan fingerprint density at radius 1 is 0.897 bits per heavy atom. The molecule has 3 aromatic carbocycles. The van der Waals surface area contributed by atoms with Gasteiger partial charge in [0.05, 0.1) is 31.6 Å². The van der Waals surface area contributed by atoms with E-state index in [4.69, 9.17) is 9.47 Å². The number of Topliss-reactive ketones (excluding diaryl/α,β-unsaturated/α-hetero) is 1. The molecular formula is C33H36N2O4. The topological polar surface area (TPSA) is 67.9 Å². The van der Waals surface area contributed by atoms with E-state index in [1.54, 1.807) is 14.2 Å². The summed E-state index contributed by atoms with van der Waals surface area (Å²) in [6, 6.07) is 23.1. The largest absolute Gasteiger partial charge is 0.493 e. The van der Waals surface area contributed by atoms with Crippen LogP contribution in [0.1, 0.15) is 68.5 Å². The lowest BCUT2D eigenvalue weighted by Crippen LogP contribution is -2.38. The number of methoxy groups -OCH3 is 2. The molecule has 1 aliphatic heterocycles. The molecule has 0 saturated heterocycles. The van der Waals surface area contributed by atoms with E-state index in [0.29, 0.717) is 36.3 Å². The van der Waals surface area contributed by atoms with Crippen molar-refractivity contribution in [2.24, 2.45) is 0 Å². The second-order valence-corrected chi connectivity index (χ2v) is 10.2. The fourth-order valence-electron chi connectivity index (χ4n) is 5.81. The van der Waals surface area contributed by atoms with Crippen LogP contribution in [0.25, 0.3) is 0 Å². The fourth-order valence-corrected chi connectivity index (χ4v) is 5.81. The molecule has 6 nitrogen and oxygen atoms in total. The maximum atomic E-state index is 14.1. The number of fused-ring (bicyclic) bond motifs is 1. The molecule has 2 atom stereocenters. The van der Waals surface area contributed by atoms with Crippen LogP contribution in [0.3, 0.4) is 0 Å². The standard InChI is InChI=1S/C33H36N2O4/c1-4-5-7-16-31(37)35-27-15-11-10-14-25(27)34-26-19-24(22-12-8-6-9-13-22)20-28(36)32(26)33(35)23-17-18-29(38-2)30(21-23)39-3/h6,8-15,17-18,21,24,33-34H,4-5,7,16,19-20H2,1-3H3/t24-,33-/m0/s1. The third kappa shape index (κ3) is 5.29. The van der Waals surface area contributed by atoms with Crippen molar-refractivity contribution in [1.29, 1.82) is 0 Å². The molecule has 0 radical (unpaired) electrons. The van der Waals surface area contributed by atoms with Crippen LogP contribution in [0.2, 0.25) is 0 Å². The van der Waals surface area contributed by atoms with Crippen LogP contribution in [0.5, 0.6) is 11.5 Å². The van der Waals surface area contributed by atoms with Gasteiger partial charge in [0.15, 0.2) is 17.3 Å². The molecule has 6 heteroatoms. The summed E-state index contributed by atoms with van der Waals surface area (Å²) in [4.78, 5) is 30.0. The first-order valence-electron chi connectivity index (χ1n) is 13.8. The predicted molar refractivity (Wildman–Crippen MR) is 154 cm³/mol. The lowest BCUT2D eigenvalue weighted by Gasteiger charge is -2.35. The Morgan fingerprint density at radius 2 is 1.64 bits per heavy atom. The van der Waals surface area contributed by atoms with Crippen molar-refractivity contribution in [3.8, 4) is 11.5 Å². The first-order chi connectivity index (χ1) is 19.0. The number of anilines is 2. The number of unbranched alkanes of at least 4 members (excludes halogenated alkanes) is 2. The number of hydrogen-bond acceptors (Lipinski definition) is 5. The average molecular weight is 525 g/mol. The second-order valence-electron chi connectivity index (χ2n) is 10.2. The fraction of sp³-hybridized carbons (Fsp3) is 0.333. The quantitative estimate of drug-likeness (QED) is 0.316. The van der Waals surface area contributed by atoms with Crippen LogP contribution in [0.15, 0.2) is 84.1 Å². The van der Waals surface area contributed by atoms with Crippen molar-refractivity contribution in [1.82, 2.24) is 0 Å². The molecule has 39 heavy (non-hydrogen) atoms. The van der Waals surface area contributed by atoms with E-state index < -0.39 is 6.04 Å². The molecule has 0 aromatic heterocycles. The van der Waals surface area contributed by atoms with Gasteiger partial charge in [-0.3, -0.25) is 14.5 Å². The molecule has 1 N–H and O–H groups in total. The Morgan fingerprint density at radius 3 is 2.38 bits per heavy atom. The highest BCUT2D eigenvalue weighted by atomic mass is 16.5. The van der Waals surface area contributed by atoms with Crippen LogP contribution in [-0.4, -0.2) is 25.9 Å². The third-order valence-electron chi connectivity index (χ3n) is 7.75. The maximum absolute atomic E-state index is 14.1. The van der Waals surface area contributed by atoms with E-state index in [-0.39, 0.29) is 17.6 Å². The zero-order chi connectivity index (χ0) is 27.4. The summed E-state index contributed by atoms with van der Waals surface area (Å²) in [6.45, 7) is 2.13. The van der Waals surface area contributed by atoms with Crippen molar-refractivity contribution in [2.45, 2.75) is 57.4 Å². The highest BCUT2D eigenvalue weighted by Gasteiger charge is 2.41. The zero-order valence-corrected chi connectivity index (χ0v) is 22.9. The van der Waals surface area contributed by atoms with Gasteiger partial charge < -0.3 is 14.8 Å². The van der Waals surface area contributed by atoms with Crippen LogP contribution in [0.4, 0.5) is 11.4 Å². The Kier molecular flexibility index (Phi) is 8.01. The molecule has 0 bridgehead atoms. The summed E-state index contributed by atoms with van der Waals surface area (Å²) in [5.41, 5.74) is 5.09. The number of nitrogens with zero attached hydrogens (tertiary/aromatic N) is 1. The number of ketones is 1. The van der Waals surface area contributed by atoms with Crippen molar-refractivity contribution in [2.75, 3.05) is 24.4 Å². The van der Waals surface area contributed by atoms with Gasteiger partial charge in [-0.25, -0.2) is 0 Å². The minimum atomic E-state index is -0.589. The number of rotatable bonds is 8. The molecule has 3 aromatic rings. The van der Waals surface area contributed by atoms with E-state index in [1.807, 2.05) is 65.6 Å². The Balaban J connectivity index is 1.69. The molecule has 0 spiro atoms. The molecule has 0 unspecified atom stereocenters. The van der Waals surface area contributed by atoms with Crippen molar-refractivity contribution < 1.29 is 19.1 Å². The first kappa shape index (κ1) is 26.5. The molecule has 1 amide bonds. The number of amides is 1. The second kappa shape index (κ2) is 11.8. The number of hydrogen-bond donors (Lipinski definition) is 1. The number of benzene rings is 3. The van der Waals surface area contributed by atoms with Crippen molar-refractivity contribution in [3.05, 3.63) is 95.2 Å². The number of carbonyl (C=O) groups excluding carboxylic acids is 2. The molecule has 202 valence electrons. The summed E-state index contributed by atoms with van der Waals surface area (Å²) in [6.07, 6.45) is 4.29. The van der Waals surface area contributed by atoms with Gasteiger partial charge in [0.2, 0.25) is 5.91 Å². The number of allylic oxidation sites excluding steroid dienone is 1. The van der Waals surface area contributed by atoms with Crippen LogP contribution in [-0.2, 0) is 9.59 Å². The van der Waals surface area contributed by atoms with Gasteiger partial charge in [0.1, 0.15) is 0 Å². The molecule has 0 fully saturated rings. The van der Waals surface area contributed by atoms with Crippen LogP contribution < -0.4 is 19.7 Å². The van der Waals surface area contributed by atoms with E-state index >= 15 is 0 Å². The SMILES string of the molecule is CCCCCC(=O)N1c2ccccc2NC2=C(C(=O)C[C@@H](c3ccccc3)C2)[C@@H]1c1ccc(OC)c(OC)c1. The highest BCUT2D eigenvalue weighted by molar-refractivity contribution is 6.06. The summed E-state index contributed by atoms with van der Waals surface area (Å²) in [5, 5.41) is 3.60. The molecule has 1 aliphatic carbocycles. The number of ether oxygens (including phenoxy) is 2. The molecular weight excluding hydrogens is 488 g/mol. The maximum Gasteiger partial charge on any atom is 0.227 e. The van der Waals surface area contributed by atoms with Gasteiger partial charge in [-0.2, -0.15) is 0 Å². The van der Waals surface area contributed by atoms with E-state index in [0.717, 1.165) is 47.5 Å². The van der Waals surface area contributed by atoms with Gasteiger partial charge in [0.25, 0.3) is 0 Å². The lowest BCUT2D eigenvalue weighted by atomic mass is 9.78. The highest BCUT2D eigenvalue weighted by Crippen LogP contribution is 2.48. The van der Waals surface area contributed by atoms with Crippen LogP contribution >= 0.6 is 0 Å². The lowest BCUT2D eigenvalue weighted by molar-refractivity contribution is -0.119. The van der Waals surface area contributed by atoms with Gasteiger partial charge in [0, 0.05) is 24.1 Å². The minimum absolute atomic E-state index is 0.00391. The normalized spacial score (nSPS) is 18.5. The average Bonchev–Trinajstić information content (AvgIpc) is 3.12. The monoisotopic (exact) mass is 524 g/mol. The van der Waals surface area contributed by atoms with Gasteiger partial charge in [-0.15, -0.1) is 0 Å². The van der Waals surface area contributed by atoms with E-state index in [2.05, 4.69) is 24.4 Å². The van der Waals surface area contributed by atoms with E-state index in [9.17, 15) is 9.59 Å². The van der Waals surface area contributed by atoms with E-state index in [1.165, 1.54) is 0 Å². The first-order valence-corrected chi connectivity index (χ1v) is 13.8. The number of para-hydroxylation sites is 2. The van der Waals surface area contributed by atoms with Crippen molar-refractivity contribution >= 4 is 23.1 Å². The molecule has 2 aliphatic rings. The summed E-state index contributed by atoms with van der Waals surface area (Å²) in [7, 11) is 3.20. The Bertz CT molecular complexity index is 1380. The Hall–Kier alpha value is -4.06. The molecule has 1 heterocycles. The molecule has 0 saturated carbocycles.